The summed E-state index contributed by atoms with van der Waals surface area (Å²) in [5.74, 6) is 1.04. The molecule has 12 heavy (non-hydrogen) atoms. The monoisotopic (exact) mass is 164 g/mol. The summed E-state index contributed by atoms with van der Waals surface area (Å²) in [4.78, 5) is 11.7. The molecular weight excluding hydrogens is 148 g/mol. The van der Waals surface area contributed by atoms with Crippen molar-refractivity contribution in [1.82, 2.24) is 0 Å². The standard InChI is InChI=1S/C11H16O/c1-4-11-6-5-8(7-9(11)12)10(11,2)3/h4,8H,1,5-7H2,2-3H3/t8-,11+/m1/s1. The van der Waals surface area contributed by atoms with Crippen molar-refractivity contribution in [3.8, 4) is 0 Å². The summed E-state index contributed by atoms with van der Waals surface area (Å²) in [5, 5.41) is 0. The van der Waals surface area contributed by atoms with Crippen LogP contribution < -0.4 is 0 Å². The van der Waals surface area contributed by atoms with Gasteiger partial charge in [-0.05, 0) is 24.2 Å². The molecule has 2 bridgehead atoms. The molecule has 2 atom stereocenters. The summed E-state index contributed by atoms with van der Waals surface area (Å²) >= 11 is 0. The Balaban J connectivity index is 2.52. The van der Waals surface area contributed by atoms with Crippen LogP contribution in [0.15, 0.2) is 12.7 Å². The van der Waals surface area contributed by atoms with E-state index in [1.807, 2.05) is 6.08 Å². The Morgan fingerprint density at radius 3 is 2.50 bits per heavy atom. The second-order valence-corrected chi connectivity index (χ2v) is 4.76. The van der Waals surface area contributed by atoms with Gasteiger partial charge in [-0.15, -0.1) is 6.58 Å². The predicted octanol–water partition coefficient (Wildman–Crippen LogP) is 2.57. The molecule has 2 saturated carbocycles. The smallest absolute Gasteiger partial charge is 0.143 e. The lowest BCUT2D eigenvalue weighted by Crippen LogP contribution is -2.33. The van der Waals surface area contributed by atoms with Crippen LogP contribution in [-0.4, -0.2) is 5.78 Å². The molecule has 0 aromatic rings. The number of hydrogen-bond donors (Lipinski definition) is 0. The zero-order valence-electron chi connectivity index (χ0n) is 7.89. The van der Waals surface area contributed by atoms with Crippen LogP contribution in [0.1, 0.15) is 33.1 Å². The molecule has 1 nitrogen and oxygen atoms in total. The molecule has 2 rings (SSSR count). The van der Waals surface area contributed by atoms with E-state index in [4.69, 9.17) is 0 Å². The number of ketones is 1. The van der Waals surface area contributed by atoms with Gasteiger partial charge in [0, 0.05) is 6.42 Å². The molecular formula is C11H16O. The van der Waals surface area contributed by atoms with Gasteiger partial charge >= 0.3 is 0 Å². The molecule has 1 heteroatoms. The van der Waals surface area contributed by atoms with E-state index in [-0.39, 0.29) is 10.8 Å². The topological polar surface area (TPSA) is 17.1 Å². The summed E-state index contributed by atoms with van der Waals surface area (Å²) in [6.45, 7) is 8.28. The maximum Gasteiger partial charge on any atom is 0.143 e. The molecule has 0 aromatic heterocycles. The van der Waals surface area contributed by atoms with E-state index in [1.54, 1.807) is 0 Å². The fourth-order valence-corrected chi connectivity index (χ4v) is 3.19. The van der Waals surface area contributed by atoms with Crippen LogP contribution in [0.4, 0.5) is 0 Å². The van der Waals surface area contributed by atoms with E-state index in [0.29, 0.717) is 11.7 Å². The van der Waals surface area contributed by atoms with Gasteiger partial charge in [0.05, 0.1) is 5.41 Å². The van der Waals surface area contributed by atoms with Gasteiger partial charge in [-0.1, -0.05) is 19.9 Å². The third-order valence-corrected chi connectivity index (χ3v) is 4.34. The van der Waals surface area contributed by atoms with E-state index in [2.05, 4.69) is 20.4 Å². The zero-order chi connectivity index (χ0) is 8.98. The highest BCUT2D eigenvalue weighted by atomic mass is 16.1. The highest BCUT2D eigenvalue weighted by Crippen LogP contribution is 2.64. The highest BCUT2D eigenvalue weighted by Gasteiger charge is 2.62. The van der Waals surface area contributed by atoms with Crippen LogP contribution in [0, 0.1) is 16.7 Å². The average molecular weight is 164 g/mol. The van der Waals surface area contributed by atoms with Crippen LogP contribution in [0.25, 0.3) is 0 Å². The third kappa shape index (κ3) is 0.596. The Morgan fingerprint density at radius 2 is 2.25 bits per heavy atom. The number of carbonyl (C=O) groups excluding carboxylic acids is 1. The summed E-state index contributed by atoms with van der Waals surface area (Å²) < 4.78 is 0. The Morgan fingerprint density at radius 1 is 1.58 bits per heavy atom. The summed E-state index contributed by atoms with van der Waals surface area (Å²) in [5.41, 5.74) is 0.00347. The zero-order valence-corrected chi connectivity index (χ0v) is 7.89. The number of fused-ring (bicyclic) bond motifs is 2. The second-order valence-electron chi connectivity index (χ2n) is 4.76. The molecule has 0 radical (unpaired) electrons. The fourth-order valence-electron chi connectivity index (χ4n) is 3.19. The van der Waals surface area contributed by atoms with Crippen molar-refractivity contribution in [2.24, 2.45) is 16.7 Å². The molecule has 2 aliphatic carbocycles. The van der Waals surface area contributed by atoms with Crippen molar-refractivity contribution in [3.05, 3.63) is 12.7 Å². The normalized spacial score (nSPS) is 43.5. The Kier molecular flexibility index (Phi) is 1.35. The van der Waals surface area contributed by atoms with Crippen LogP contribution in [0.5, 0.6) is 0 Å². The Bertz CT molecular complexity index is 252. The van der Waals surface area contributed by atoms with Crippen molar-refractivity contribution in [3.63, 3.8) is 0 Å². The minimum atomic E-state index is -0.169. The highest BCUT2D eigenvalue weighted by molar-refractivity contribution is 5.91. The van der Waals surface area contributed by atoms with Gasteiger partial charge in [0.25, 0.3) is 0 Å². The van der Waals surface area contributed by atoms with Gasteiger partial charge in [-0.2, -0.15) is 0 Å². The lowest BCUT2D eigenvalue weighted by atomic mass is 9.69. The number of Topliss-reactive ketones (excluding diaryl/α,β-unsaturated/α-hetero) is 1. The number of allylic oxidation sites excluding steroid dienone is 1. The van der Waals surface area contributed by atoms with Crippen molar-refractivity contribution < 1.29 is 4.79 Å². The van der Waals surface area contributed by atoms with Crippen LogP contribution in [0.2, 0.25) is 0 Å². The first kappa shape index (κ1) is 8.03. The fraction of sp³-hybridized carbons (Fsp3) is 0.727. The molecule has 0 spiro atoms. The van der Waals surface area contributed by atoms with Crippen molar-refractivity contribution in [2.45, 2.75) is 33.1 Å². The minimum absolute atomic E-state index is 0.169. The van der Waals surface area contributed by atoms with Crippen LogP contribution in [-0.2, 0) is 4.79 Å². The predicted molar refractivity (Wildman–Crippen MR) is 48.8 cm³/mol. The molecule has 2 aliphatic rings. The van der Waals surface area contributed by atoms with E-state index >= 15 is 0 Å². The molecule has 0 unspecified atom stereocenters. The first-order valence-corrected chi connectivity index (χ1v) is 4.71. The van der Waals surface area contributed by atoms with Gasteiger partial charge in [0.1, 0.15) is 5.78 Å². The lowest BCUT2D eigenvalue weighted by Gasteiger charge is -2.33. The SMILES string of the molecule is C=C[C@]12CC[C@H](CC1=O)C2(C)C. The molecule has 66 valence electrons. The van der Waals surface area contributed by atoms with Gasteiger partial charge in [0.2, 0.25) is 0 Å². The van der Waals surface area contributed by atoms with Crippen LogP contribution >= 0.6 is 0 Å². The summed E-state index contributed by atoms with van der Waals surface area (Å²) in [7, 11) is 0. The van der Waals surface area contributed by atoms with Gasteiger partial charge in [-0.25, -0.2) is 0 Å². The largest absolute Gasteiger partial charge is 0.299 e. The first-order valence-electron chi connectivity index (χ1n) is 4.71. The van der Waals surface area contributed by atoms with Crippen molar-refractivity contribution in [1.29, 1.82) is 0 Å². The van der Waals surface area contributed by atoms with Crippen LogP contribution in [0.3, 0.4) is 0 Å². The maximum absolute atomic E-state index is 11.7. The quantitative estimate of drug-likeness (QED) is 0.544. The first-order chi connectivity index (χ1) is 5.54. The van der Waals surface area contributed by atoms with Gasteiger partial charge in [0.15, 0.2) is 0 Å². The van der Waals surface area contributed by atoms with E-state index < -0.39 is 0 Å². The Labute approximate surface area is 73.8 Å². The van der Waals surface area contributed by atoms with Crippen molar-refractivity contribution >= 4 is 5.78 Å². The Hall–Kier alpha value is -0.590. The van der Waals surface area contributed by atoms with E-state index in [9.17, 15) is 4.79 Å². The summed E-state index contributed by atoms with van der Waals surface area (Å²) in [6, 6.07) is 0. The average Bonchev–Trinajstić information content (AvgIpc) is 2.36. The van der Waals surface area contributed by atoms with Crippen molar-refractivity contribution in [2.75, 3.05) is 0 Å². The van der Waals surface area contributed by atoms with E-state index in [0.717, 1.165) is 12.8 Å². The molecule has 0 saturated heterocycles. The molecule has 2 fully saturated rings. The molecule has 0 N–H and O–H groups in total. The number of carbonyl (C=O) groups is 1. The molecule has 0 amide bonds. The van der Waals surface area contributed by atoms with Gasteiger partial charge < -0.3 is 0 Å². The molecule has 0 heterocycles. The molecule has 0 aromatic carbocycles. The number of hydrogen-bond acceptors (Lipinski definition) is 1. The lowest BCUT2D eigenvalue weighted by molar-refractivity contribution is -0.126. The summed E-state index contributed by atoms with van der Waals surface area (Å²) in [6.07, 6.45) is 4.94. The number of rotatable bonds is 1. The van der Waals surface area contributed by atoms with E-state index in [1.165, 1.54) is 6.42 Å². The molecule has 0 aliphatic heterocycles. The van der Waals surface area contributed by atoms with Gasteiger partial charge in [-0.3, -0.25) is 4.79 Å². The second kappa shape index (κ2) is 2.01. The third-order valence-electron chi connectivity index (χ3n) is 4.34. The minimum Gasteiger partial charge on any atom is -0.299 e. The maximum atomic E-state index is 11.7.